The molecule has 0 bridgehead atoms. The average molecular weight is 488 g/mol. The molecule has 1 aliphatic rings. The Labute approximate surface area is 179 Å². The Bertz CT molecular complexity index is 616. The number of amides is 1. The van der Waals surface area contributed by atoms with Crippen molar-refractivity contribution in [1.29, 1.82) is 0 Å². The second kappa shape index (κ2) is 12.2. The maximum atomic E-state index is 11.3. The first-order chi connectivity index (χ1) is 12.6. The van der Waals surface area contributed by atoms with Crippen LogP contribution in [0.3, 0.4) is 0 Å². The molecule has 0 heterocycles. The van der Waals surface area contributed by atoms with E-state index in [-0.39, 0.29) is 24.0 Å². The molecule has 2 rings (SSSR count). The monoisotopic (exact) mass is 488 g/mol. The minimum atomic E-state index is -0.410. The van der Waals surface area contributed by atoms with Crippen molar-refractivity contribution in [3.8, 4) is 0 Å². The van der Waals surface area contributed by atoms with Gasteiger partial charge in [0.1, 0.15) is 0 Å². The topological polar surface area (TPSA) is 88.7 Å². The van der Waals surface area contributed by atoms with E-state index in [4.69, 9.17) is 10.5 Å². The fourth-order valence-electron chi connectivity index (χ4n) is 3.59. The predicted octanol–water partition coefficient (Wildman–Crippen LogP) is 3.06. The molecule has 1 saturated carbocycles. The number of rotatable bonds is 9. The minimum Gasteiger partial charge on any atom is -0.382 e. The molecule has 152 valence electrons. The summed E-state index contributed by atoms with van der Waals surface area (Å²) in [7, 11) is 1.77. The first-order valence-corrected chi connectivity index (χ1v) is 9.49. The van der Waals surface area contributed by atoms with Crippen LogP contribution in [0.4, 0.5) is 0 Å². The Hall–Kier alpha value is -1.35. The molecule has 0 aromatic heterocycles. The molecular weight excluding hydrogens is 455 g/mol. The van der Waals surface area contributed by atoms with Gasteiger partial charge >= 0.3 is 0 Å². The standard InChI is InChI=1S/C20H32N4O2.HI/c1-3-26-12-11-20(9-4-5-10-20)15-24-19(22-2)23-14-16-7-6-8-17(13-16)18(21)25;/h6-8,13H,3-5,9-12,14-15H2,1-2H3,(H2,21,25)(H2,22,23,24);1H. The molecule has 1 fully saturated rings. The van der Waals surface area contributed by atoms with Crippen LogP contribution in [0.5, 0.6) is 0 Å². The number of nitrogens with one attached hydrogen (secondary N) is 2. The van der Waals surface area contributed by atoms with E-state index in [1.807, 2.05) is 25.1 Å². The van der Waals surface area contributed by atoms with Gasteiger partial charge in [-0.15, -0.1) is 24.0 Å². The first kappa shape index (κ1) is 23.7. The van der Waals surface area contributed by atoms with Gasteiger partial charge in [0.15, 0.2) is 5.96 Å². The second-order valence-corrected chi connectivity index (χ2v) is 7.00. The molecule has 6 nitrogen and oxygen atoms in total. The fraction of sp³-hybridized carbons (Fsp3) is 0.600. The first-order valence-electron chi connectivity index (χ1n) is 9.49. The highest BCUT2D eigenvalue weighted by Crippen LogP contribution is 2.40. The average Bonchev–Trinajstić information content (AvgIpc) is 3.11. The Balaban J connectivity index is 0.00000364. The SMILES string of the molecule is CCOCCC1(CNC(=NC)NCc2cccc(C(N)=O)c2)CCCC1.I. The number of benzene rings is 1. The van der Waals surface area contributed by atoms with Crippen molar-refractivity contribution in [2.75, 3.05) is 26.8 Å². The lowest BCUT2D eigenvalue weighted by atomic mass is 9.83. The quantitative estimate of drug-likeness (QED) is 0.216. The maximum absolute atomic E-state index is 11.3. The lowest BCUT2D eigenvalue weighted by Crippen LogP contribution is -2.43. The molecule has 4 N–H and O–H groups in total. The Kier molecular flexibility index (Phi) is 10.7. The van der Waals surface area contributed by atoms with E-state index >= 15 is 0 Å². The third kappa shape index (κ3) is 7.65. The summed E-state index contributed by atoms with van der Waals surface area (Å²) in [5.41, 5.74) is 7.16. The maximum Gasteiger partial charge on any atom is 0.248 e. The van der Waals surface area contributed by atoms with Gasteiger partial charge in [0.25, 0.3) is 0 Å². The summed E-state index contributed by atoms with van der Waals surface area (Å²) in [5.74, 6) is 0.365. The smallest absolute Gasteiger partial charge is 0.248 e. The van der Waals surface area contributed by atoms with Gasteiger partial charge in [-0.3, -0.25) is 9.79 Å². The zero-order valence-corrected chi connectivity index (χ0v) is 18.8. The van der Waals surface area contributed by atoms with Crippen molar-refractivity contribution < 1.29 is 9.53 Å². The molecule has 0 atom stereocenters. The van der Waals surface area contributed by atoms with Crippen molar-refractivity contribution in [2.24, 2.45) is 16.1 Å². The van der Waals surface area contributed by atoms with Gasteiger partial charge < -0.3 is 21.1 Å². The Morgan fingerprint density at radius 1 is 1.30 bits per heavy atom. The summed E-state index contributed by atoms with van der Waals surface area (Å²) in [6.07, 6.45) is 6.15. The summed E-state index contributed by atoms with van der Waals surface area (Å²) < 4.78 is 5.58. The summed E-state index contributed by atoms with van der Waals surface area (Å²) in [6, 6.07) is 7.34. The molecule has 0 unspecified atom stereocenters. The largest absolute Gasteiger partial charge is 0.382 e. The number of carbonyl (C=O) groups is 1. The predicted molar refractivity (Wildman–Crippen MR) is 121 cm³/mol. The van der Waals surface area contributed by atoms with Crippen LogP contribution in [0.15, 0.2) is 29.3 Å². The van der Waals surface area contributed by atoms with Crippen molar-refractivity contribution in [2.45, 2.75) is 45.6 Å². The van der Waals surface area contributed by atoms with E-state index in [9.17, 15) is 4.79 Å². The van der Waals surface area contributed by atoms with Gasteiger partial charge in [0, 0.05) is 38.9 Å². The lowest BCUT2D eigenvalue weighted by Gasteiger charge is -2.30. The molecule has 27 heavy (non-hydrogen) atoms. The third-order valence-electron chi connectivity index (χ3n) is 5.17. The number of nitrogens with zero attached hydrogens (tertiary/aromatic N) is 1. The van der Waals surface area contributed by atoms with E-state index in [1.165, 1.54) is 25.7 Å². The molecular formula is C20H33IN4O2. The summed E-state index contributed by atoms with van der Waals surface area (Å²) in [5, 5.41) is 6.79. The molecule has 1 aromatic rings. The normalized spacial score (nSPS) is 15.9. The van der Waals surface area contributed by atoms with E-state index in [0.29, 0.717) is 17.5 Å². The van der Waals surface area contributed by atoms with Gasteiger partial charge in [0.2, 0.25) is 5.91 Å². The molecule has 0 aliphatic heterocycles. The summed E-state index contributed by atoms with van der Waals surface area (Å²) >= 11 is 0. The molecule has 1 amide bonds. The van der Waals surface area contributed by atoms with E-state index in [0.717, 1.165) is 37.7 Å². The zero-order valence-electron chi connectivity index (χ0n) is 16.4. The molecule has 7 heteroatoms. The lowest BCUT2D eigenvalue weighted by molar-refractivity contribution is 0.1000. The van der Waals surface area contributed by atoms with Crippen LogP contribution in [0.25, 0.3) is 0 Å². The highest BCUT2D eigenvalue weighted by Gasteiger charge is 2.33. The number of nitrogens with two attached hydrogens (primary N) is 1. The molecule has 1 aromatic carbocycles. The number of carbonyl (C=O) groups excluding carboxylic acids is 1. The van der Waals surface area contributed by atoms with Crippen LogP contribution in [-0.4, -0.2) is 38.7 Å². The van der Waals surface area contributed by atoms with Gasteiger partial charge in [-0.25, -0.2) is 0 Å². The number of hydrogen-bond acceptors (Lipinski definition) is 3. The highest BCUT2D eigenvalue weighted by atomic mass is 127. The third-order valence-corrected chi connectivity index (χ3v) is 5.17. The number of halogens is 1. The molecule has 0 radical (unpaired) electrons. The van der Waals surface area contributed by atoms with Gasteiger partial charge in [0.05, 0.1) is 0 Å². The van der Waals surface area contributed by atoms with Crippen LogP contribution in [-0.2, 0) is 11.3 Å². The van der Waals surface area contributed by atoms with Crippen LogP contribution in [0.1, 0.15) is 54.9 Å². The van der Waals surface area contributed by atoms with Gasteiger partial charge in [-0.2, -0.15) is 0 Å². The highest BCUT2D eigenvalue weighted by molar-refractivity contribution is 14.0. The van der Waals surface area contributed by atoms with Crippen molar-refractivity contribution in [3.63, 3.8) is 0 Å². The summed E-state index contributed by atoms with van der Waals surface area (Å²) in [4.78, 5) is 15.6. The number of hydrogen-bond donors (Lipinski definition) is 3. The van der Waals surface area contributed by atoms with E-state index in [2.05, 4.69) is 15.6 Å². The number of primary amides is 1. The van der Waals surface area contributed by atoms with Crippen molar-refractivity contribution in [1.82, 2.24) is 10.6 Å². The number of guanidine groups is 1. The van der Waals surface area contributed by atoms with Crippen LogP contribution >= 0.6 is 24.0 Å². The second-order valence-electron chi connectivity index (χ2n) is 7.00. The van der Waals surface area contributed by atoms with Crippen LogP contribution < -0.4 is 16.4 Å². The fourth-order valence-corrected chi connectivity index (χ4v) is 3.59. The number of ether oxygens (including phenoxy) is 1. The van der Waals surface area contributed by atoms with Crippen LogP contribution in [0, 0.1) is 5.41 Å². The Morgan fingerprint density at radius 2 is 2.04 bits per heavy atom. The van der Waals surface area contributed by atoms with E-state index < -0.39 is 5.91 Å². The molecule has 0 saturated heterocycles. The zero-order chi connectivity index (χ0) is 18.8. The van der Waals surface area contributed by atoms with Crippen molar-refractivity contribution >= 4 is 35.8 Å². The molecule has 0 spiro atoms. The van der Waals surface area contributed by atoms with Gasteiger partial charge in [-0.1, -0.05) is 25.0 Å². The van der Waals surface area contributed by atoms with Crippen molar-refractivity contribution in [3.05, 3.63) is 35.4 Å². The van der Waals surface area contributed by atoms with E-state index in [1.54, 1.807) is 13.1 Å². The Morgan fingerprint density at radius 3 is 2.67 bits per heavy atom. The summed E-state index contributed by atoms with van der Waals surface area (Å²) in [6.45, 7) is 5.13. The van der Waals surface area contributed by atoms with Gasteiger partial charge in [-0.05, 0) is 49.3 Å². The number of aliphatic imine (C=N–C) groups is 1. The van der Waals surface area contributed by atoms with Crippen LogP contribution in [0.2, 0.25) is 0 Å². The minimum absolute atomic E-state index is 0. The molecule has 1 aliphatic carbocycles.